The van der Waals surface area contributed by atoms with Crippen LogP contribution in [-0.4, -0.2) is 67.4 Å². The van der Waals surface area contributed by atoms with E-state index in [1.54, 1.807) is 0 Å². The Morgan fingerprint density at radius 2 is 2.03 bits per heavy atom. The zero-order chi connectivity index (χ0) is 21.0. The van der Waals surface area contributed by atoms with E-state index in [0.717, 1.165) is 25.7 Å². The molecule has 1 saturated carbocycles. The molecule has 3 fully saturated rings. The summed E-state index contributed by atoms with van der Waals surface area (Å²) in [7, 11) is 0. The predicted molar refractivity (Wildman–Crippen MR) is 113 cm³/mol. The van der Waals surface area contributed by atoms with E-state index in [1.165, 1.54) is 5.56 Å². The van der Waals surface area contributed by atoms with Gasteiger partial charge in [0.05, 0.1) is 30.9 Å². The lowest BCUT2D eigenvalue weighted by Gasteiger charge is -2.41. The molecule has 0 bridgehead atoms. The molecule has 7 heteroatoms. The van der Waals surface area contributed by atoms with Gasteiger partial charge in [0.1, 0.15) is 6.61 Å². The molecule has 1 aliphatic carbocycles. The quantitative estimate of drug-likeness (QED) is 0.774. The number of morpholine rings is 1. The van der Waals surface area contributed by atoms with E-state index in [4.69, 9.17) is 9.47 Å². The molecule has 2 N–H and O–H groups in total. The predicted octanol–water partition coefficient (Wildman–Crippen LogP) is 2.42. The van der Waals surface area contributed by atoms with Crippen molar-refractivity contribution in [2.45, 2.75) is 62.6 Å². The van der Waals surface area contributed by atoms with Crippen molar-refractivity contribution in [3.63, 3.8) is 0 Å². The maximum Gasteiger partial charge on any atom is 0.317 e. The Kier molecular flexibility index (Phi) is 6.58. The highest BCUT2D eigenvalue weighted by Gasteiger charge is 2.52. The summed E-state index contributed by atoms with van der Waals surface area (Å²) in [5.41, 5.74) is 0.858. The van der Waals surface area contributed by atoms with Gasteiger partial charge in [0.2, 0.25) is 5.91 Å². The van der Waals surface area contributed by atoms with Crippen molar-refractivity contribution in [1.82, 2.24) is 15.5 Å². The zero-order valence-corrected chi connectivity index (χ0v) is 17.8. The van der Waals surface area contributed by atoms with E-state index in [2.05, 4.69) is 41.0 Å². The van der Waals surface area contributed by atoms with Crippen molar-refractivity contribution in [3.8, 4) is 0 Å². The topological polar surface area (TPSA) is 79.9 Å². The number of benzene rings is 1. The molecule has 30 heavy (non-hydrogen) atoms. The van der Waals surface area contributed by atoms with Crippen LogP contribution in [0.4, 0.5) is 4.79 Å². The number of urea groups is 1. The van der Waals surface area contributed by atoms with E-state index in [0.29, 0.717) is 38.6 Å². The molecule has 0 unspecified atom stereocenters. The Morgan fingerprint density at radius 3 is 2.73 bits per heavy atom. The maximum atomic E-state index is 12.6. The van der Waals surface area contributed by atoms with Crippen LogP contribution in [-0.2, 0) is 14.3 Å². The molecular formula is C23H33N3O4. The van der Waals surface area contributed by atoms with Gasteiger partial charge in [0, 0.05) is 13.1 Å². The minimum atomic E-state index is -0.554. The number of nitrogens with one attached hydrogen (secondary N) is 2. The Hall–Kier alpha value is -2.12. The molecule has 7 nitrogen and oxygen atoms in total. The van der Waals surface area contributed by atoms with Crippen LogP contribution in [0.1, 0.15) is 50.5 Å². The minimum Gasteiger partial charge on any atom is -0.376 e. The highest BCUT2D eigenvalue weighted by molar-refractivity contribution is 5.80. The summed E-state index contributed by atoms with van der Waals surface area (Å²) < 4.78 is 11.9. The van der Waals surface area contributed by atoms with Crippen molar-refractivity contribution in [1.29, 1.82) is 0 Å². The summed E-state index contributed by atoms with van der Waals surface area (Å²) in [6.07, 6.45) is 5.14. The van der Waals surface area contributed by atoms with Crippen molar-refractivity contribution >= 4 is 11.9 Å². The highest BCUT2D eigenvalue weighted by Crippen LogP contribution is 2.36. The molecule has 0 radical (unpaired) electrons. The number of rotatable bonds is 5. The smallest absolute Gasteiger partial charge is 0.317 e. The Morgan fingerprint density at radius 1 is 1.27 bits per heavy atom. The van der Waals surface area contributed by atoms with Gasteiger partial charge in [-0.15, -0.1) is 0 Å². The van der Waals surface area contributed by atoms with Gasteiger partial charge in [-0.2, -0.15) is 0 Å². The van der Waals surface area contributed by atoms with Crippen LogP contribution in [0.15, 0.2) is 30.3 Å². The summed E-state index contributed by atoms with van der Waals surface area (Å²) in [6.45, 7) is 3.99. The summed E-state index contributed by atoms with van der Waals surface area (Å²) in [6, 6.07) is 10.4. The third-order valence-electron chi connectivity index (χ3n) is 6.82. The largest absolute Gasteiger partial charge is 0.376 e. The third kappa shape index (κ3) is 4.47. The first-order chi connectivity index (χ1) is 14.6. The van der Waals surface area contributed by atoms with Gasteiger partial charge in [0.15, 0.2) is 0 Å². The first kappa shape index (κ1) is 21.1. The average Bonchev–Trinajstić information content (AvgIpc) is 3.10. The highest BCUT2D eigenvalue weighted by atomic mass is 16.5. The molecule has 0 aromatic heterocycles. The number of amides is 3. The second kappa shape index (κ2) is 9.35. The van der Waals surface area contributed by atoms with Crippen LogP contribution in [0.3, 0.4) is 0 Å². The normalized spacial score (nSPS) is 31.6. The van der Waals surface area contributed by atoms with Crippen LogP contribution in [0.25, 0.3) is 0 Å². The molecule has 1 spiro atoms. The molecule has 4 rings (SSSR count). The fraction of sp³-hybridized carbons (Fsp3) is 0.652. The lowest BCUT2D eigenvalue weighted by Crippen LogP contribution is -2.65. The van der Waals surface area contributed by atoms with Crippen LogP contribution in [0, 0.1) is 0 Å². The van der Waals surface area contributed by atoms with Crippen LogP contribution in [0.2, 0.25) is 0 Å². The SMILES string of the molecule is CCNC(=O)N1CC[C@@]2(COCC(=O)N2)[C@@H]1COC1CCC(c2ccccc2)CC1. The Balaban J connectivity index is 1.38. The summed E-state index contributed by atoms with van der Waals surface area (Å²) in [5.74, 6) is 0.481. The van der Waals surface area contributed by atoms with Gasteiger partial charge in [-0.1, -0.05) is 30.3 Å². The maximum absolute atomic E-state index is 12.6. The van der Waals surface area contributed by atoms with Gasteiger partial charge in [-0.25, -0.2) is 4.79 Å². The van der Waals surface area contributed by atoms with Gasteiger partial charge < -0.3 is 25.0 Å². The van der Waals surface area contributed by atoms with E-state index in [9.17, 15) is 9.59 Å². The molecule has 1 aromatic carbocycles. The second-order valence-electron chi connectivity index (χ2n) is 8.71. The monoisotopic (exact) mass is 415 g/mol. The fourth-order valence-corrected chi connectivity index (χ4v) is 5.19. The van der Waals surface area contributed by atoms with E-state index in [-0.39, 0.29) is 30.7 Å². The minimum absolute atomic E-state index is 0.0833. The van der Waals surface area contributed by atoms with Crippen LogP contribution in [0.5, 0.6) is 0 Å². The lowest BCUT2D eigenvalue weighted by atomic mass is 9.82. The van der Waals surface area contributed by atoms with Crippen molar-refractivity contribution in [2.24, 2.45) is 0 Å². The third-order valence-corrected chi connectivity index (χ3v) is 6.82. The average molecular weight is 416 g/mol. The number of likely N-dealkylation sites (tertiary alicyclic amines) is 1. The van der Waals surface area contributed by atoms with E-state index in [1.807, 2.05) is 11.8 Å². The molecule has 2 aliphatic heterocycles. The van der Waals surface area contributed by atoms with Crippen molar-refractivity contribution in [3.05, 3.63) is 35.9 Å². The molecule has 3 aliphatic rings. The first-order valence-corrected chi connectivity index (χ1v) is 11.2. The molecule has 2 atom stereocenters. The summed E-state index contributed by atoms with van der Waals surface area (Å²) >= 11 is 0. The first-order valence-electron chi connectivity index (χ1n) is 11.2. The molecule has 2 heterocycles. The van der Waals surface area contributed by atoms with Crippen molar-refractivity contribution in [2.75, 3.05) is 32.9 Å². The lowest BCUT2D eigenvalue weighted by molar-refractivity contribution is -0.137. The molecule has 164 valence electrons. The summed E-state index contributed by atoms with van der Waals surface area (Å²) in [4.78, 5) is 26.5. The second-order valence-corrected chi connectivity index (χ2v) is 8.71. The summed E-state index contributed by atoms with van der Waals surface area (Å²) in [5, 5.41) is 6.01. The number of carbonyl (C=O) groups excluding carboxylic acids is 2. The van der Waals surface area contributed by atoms with Crippen molar-refractivity contribution < 1.29 is 19.1 Å². The number of hydrogen-bond donors (Lipinski definition) is 2. The molecule has 2 saturated heterocycles. The van der Waals surface area contributed by atoms with Crippen LogP contribution < -0.4 is 10.6 Å². The number of carbonyl (C=O) groups is 2. The number of ether oxygens (including phenoxy) is 2. The van der Waals surface area contributed by atoms with Crippen LogP contribution >= 0.6 is 0 Å². The van der Waals surface area contributed by atoms with Gasteiger partial charge in [-0.05, 0) is 50.5 Å². The van der Waals surface area contributed by atoms with E-state index >= 15 is 0 Å². The number of nitrogens with zero attached hydrogens (tertiary/aromatic N) is 1. The number of hydrogen-bond acceptors (Lipinski definition) is 4. The molecule has 1 aromatic rings. The molecule has 3 amide bonds. The molecular weight excluding hydrogens is 382 g/mol. The standard InChI is InChI=1S/C23H33N3O4/c1-2-24-22(28)26-13-12-23(16-29-15-21(27)25-23)20(26)14-30-19-10-8-18(9-11-19)17-6-4-3-5-7-17/h3-7,18-20H,2,8-16H2,1H3,(H,24,28)(H,25,27)/t18?,19?,20-,23+/m0/s1. The van der Waals surface area contributed by atoms with Gasteiger partial charge in [0.25, 0.3) is 0 Å². The Bertz CT molecular complexity index is 735. The fourth-order valence-electron chi connectivity index (χ4n) is 5.19. The van der Waals surface area contributed by atoms with Gasteiger partial charge >= 0.3 is 6.03 Å². The zero-order valence-electron chi connectivity index (χ0n) is 17.8. The van der Waals surface area contributed by atoms with Gasteiger partial charge in [-0.3, -0.25) is 4.79 Å². The van der Waals surface area contributed by atoms with E-state index < -0.39 is 5.54 Å². The Labute approximate surface area is 178 Å².